The highest BCUT2D eigenvalue weighted by atomic mass is 16.4. The number of carbonyl (C=O) groups is 1. The highest BCUT2D eigenvalue weighted by Gasteiger charge is 2.17. The van der Waals surface area contributed by atoms with Crippen LogP contribution in [0.1, 0.15) is 10.4 Å². The first-order chi connectivity index (χ1) is 10.3. The molecule has 3 rings (SSSR count). The fourth-order valence-corrected chi connectivity index (χ4v) is 2.08. The summed E-state index contributed by atoms with van der Waals surface area (Å²) in [6, 6.07) is 16.1. The summed E-state index contributed by atoms with van der Waals surface area (Å²) < 4.78 is 1.53. The molecule has 0 aliphatic heterocycles. The molecule has 0 atom stereocenters. The van der Waals surface area contributed by atoms with Gasteiger partial charge in [-0.25, -0.2) is 4.68 Å². The summed E-state index contributed by atoms with van der Waals surface area (Å²) in [6.45, 7) is 0.0603. The number of fused-ring (bicyclic) bond motifs is 1. The SMILES string of the molecule is O=C(/C(Cn1nnc2ccccc21)=N/O)c1ccccc1. The Bertz CT molecular complexity index is 809. The van der Waals surface area contributed by atoms with Crippen molar-refractivity contribution in [3.05, 3.63) is 60.2 Å². The maximum atomic E-state index is 12.3. The van der Waals surface area contributed by atoms with E-state index in [2.05, 4.69) is 15.5 Å². The number of aromatic nitrogens is 3. The van der Waals surface area contributed by atoms with Gasteiger partial charge in [0.15, 0.2) is 0 Å². The number of carbonyl (C=O) groups excluding carboxylic acids is 1. The van der Waals surface area contributed by atoms with Gasteiger partial charge in [0, 0.05) is 5.56 Å². The maximum absolute atomic E-state index is 12.3. The number of nitrogens with zero attached hydrogens (tertiary/aromatic N) is 4. The lowest BCUT2D eigenvalue weighted by atomic mass is 10.1. The van der Waals surface area contributed by atoms with E-state index >= 15 is 0 Å². The Morgan fingerprint density at radius 1 is 1.10 bits per heavy atom. The van der Waals surface area contributed by atoms with Crippen molar-refractivity contribution in [3.8, 4) is 0 Å². The standard InChI is InChI=1S/C15H12N4O2/c20-15(11-6-2-1-3-7-11)13(17-21)10-19-14-9-5-4-8-12(14)16-18-19/h1-9,21H,10H2/b17-13+. The molecule has 1 N–H and O–H groups in total. The van der Waals surface area contributed by atoms with Crippen molar-refractivity contribution in [2.24, 2.45) is 5.16 Å². The lowest BCUT2D eigenvalue weighted by molar-refractivity contribution is 0.105. The van der Waals surface area contributed by atoms with Crippen molar-refractivity contribution < 1.29 is 10.0 Å². The highest BCUT2D eigenvalue weighted by Crippen LogP contribution is 2.11. The van der Waals surface area contributed by atoms with Gasteiger partial charge in [0.25, 0.3) is 0 Å². The smallest absolute Gasteiger partial charge is 0.212 e. The van der Waals surface area contributed by atoms with Gasteiger partial charge in [-0.05, 0) is 12.1 Å². The molecule has 6 heteroatoms. The molecule has 0 spiro atoms. The highest BCUT2D eigenvalue weighted by molar-refractivity contribution is 6.45. The van der Waals surface area contributed by atoms with Crippen LogP contribution in [-0.2, 0) is 6.54 Å². The molecule has 1 heterocycles. The monoisotopic (exact) mass is 280 g/mol. The largest absolute Gasteiger partial charge is 0.410 e. The van der Waals surface area contributed by atoms with Crippen molar-refractivity contribution in [3.63, 3.8) is 0 Å². The molecule has 1 aromatic heterocycles. The van der Waals surface area contributed by atoms with Gasteiger partial charge in [-0.3, -0.25) is 4.79 Å². The molecule has 2 aromatic carbocycles. The first kappa shape index (κ1) is 13.0. The number of para-hydroxylation sites is 1. The predicted molar refractivity (Wildman–Crippen MR) is 77.5 cm³/mol. The molecule has 0 unspecified atom stereocenters. The minimum Gasteiger partial charge on any atom is -0.410 e. The summed E-state index contributed by atoms with van der Waals surface area (Å²) in [5, 5.41) is 20.2. The second-order valence-corrected chi connectivity index (χ2v) is 4.48. The maximum Gasteiger partial charge on any atom is 0.212 e. The molecule has 0 bridgehead atoms. The molecule has 0 amide bonds. The van der Waals surface area contributed by atoms with E-state index in [1.165, 1.54) is 4.68 Å². The topological polar surface area (TPSA) is 80.4 Å². The first-order valence-electron chi connectivity index (χ1n) is 6.38. The van der Waals surface area contributed by atoms with Crippen LogP contribution in [-0.4, -0.2) is 31.7 Å². The fraction of sp³-hybridized carbons (Fsp3) is 0.0667. The van der Waals surface area contributed by atoms with Gasteiger partial charge < -0.3 is 5.21 Å². The van der Waals surface area contributed by atoms with Crippen LogP contribution in [0, 0.1) is 0 Å². The van der Waals surface area contributed by atoms with Gasteiger partial charge in [0.2, 0.25) is 5.78 Å². The van der Waals surface area contributed by atoms with Crippen molar-refractivity contribution in [1.29, 1.82) is 0 Å². The predicted octanol–water partition coefficient (Wildman–Crippen LogP) is 2.14. The Kier molecular flexibility index (Phi) is 3.42. The van der Waals surface area contributed by atoms with Crippen LogP contribution in [0.4, 0.5) is 0 Å². The lowest BCUT2D eigenvalue weighted by Gasteiger charge is -2.04. The van der Waals surface area contributed by atoms with Gasteiger partial charge in [0.1, 0.15) is 11.2 Å². The Balaban J connectivity index is 1.90. The van der Waals surface area contributed by atoms with Gasteiger partial charge in [0.05, 0.1) is 12.1 Å². The molecule has 21 heavy (non-hydrogen) atoms. The van der Waals surface area contributed by atoms with Crippen LogP contribution < -0.4 is 0 Å². The van der Waals surface area contributed by atoms with Crippen LogP contribution >= 0.6 is 0 Å². The number of hydrogen-bond donors (Lipinski definition) is 1. The molecule has 0 fully saturated rings. The zero-order chi connectivity index (χ0) is 14.7. The third-order valence-corrected chi connectivity index (χ3v) is 3.14. The van der Waals surface area contributed by atoms with Crippen molar-refractivity contribution in [1.82, 2.24) is 15.0 Å². The van der Waals surface area contributed by atoms with Gasteiger partial charge in [-0.1, -0.05) is 52.8 Å². The first-order valence-corrected chi connectivity index (χ1v) is 6.38. The summed E-state index contributed by atoms with van der Waals surface area (Å²) in [5.74, 6) is -0.335. The van der Waals surface area contributed by atoms with E-state index in [1.54, 1.807) is 24.3 Å². The normalized spacial score (nSPS) is 11.7. The van der Waals surface area contributed by atoms with Crippen molar-refractivity contribution >= 4 is 22.5 Å². The number of oxime groups is 1. The van der Waals surface area contributed by atoms with Crippen LogP contribution in [0.3, 0.4) is 0 Å². The number of rotatable bonds is 4. The van der Waals surface area contributed by atoms with E-state index in [1.807, 2.05) is 30.3 Å². The molecule has 0 radical (unpaired) electrons. The van der Waals surface area contributed by atoms with Crippen molar-refractivity contribution in [2.45, 2.75) is 6.54 Å². The fourth-order valence-electron chi connectivity index (χ4n) is 2.08. The molecule has 104 valence electrons. The Hall–Kier alpha value is -3.02. The van der Waals surface area contributed by atoms with Crippen LogP contribution in [0.2, 0.25) is 0 Å². The van der Waals surface area contributed by atoms with Crippen LogP contribution in [0.15, 0.2) is 59.8 Å². The Labute approximate surface area is 120 Å². The Morgan fingerprint density at radius 2 is 1.81 bits per heavy atom. The molecular formula is C15H12N4O2. The molecule has 0 aliphatic rings. The van der Waals surface area contributed by atoms with Gasteiger partial charge in [-0.15, -0.1) is 5.10 Å². The van der Waals surface area contributed by atoms with E-state index < -0.39 is 0 Å². The summed E-state index contributed by atoms with van der Waals surface area (Å²) in [7, 11) is 0. The number of hydrogen-bond acceptors (Lipinski definition) is 5. The second kappa shape index (κ2) is 5.54. The summed E-state index contributed by atoms with van der Waals surface area (Å²) >= 11 is 0. The zero-order valence-electron chi connectivity index (χ0n) is 11.0. The third kappa shape index (κ3) is 2.51. The number of Topliss-reactive ketones (excluding diaryl/α,β-unsaturated/α-hetero) is 1. The van der Waals surface area contributed by atoms with E-state index in [9.17, 15) is 4.79 Å². The molecule has 0 saturated heterocycles. The molecule has 3 aromatic rings. The molecule has 0 saturated carbocycles. The van der Waals surface area contributed by atoms with E-state index in [0.717, 1.165) is 11.0 Å². The number of benzene rings is 2. The van der Waals surface area contributed by atoms with Gasteiger partial charge in [-0.2, -0.15) is 0 Å². The zero-order valence-corrected chi connectivity index (χ0v) is 11.0. The molecule has 6 nitrogen and oxygen atoms in total. The molecule has 0 aliphatic carbocycles. The third-order valence-electron chi connectivity index (χ3n) is 3.14. The summed E-state index contributed by atoms with van der Waals surface area (Å²) in [5.41, 5.74) is 1.98. The average molecular weight is 280 g/mol. The minimum absolute atomic E-state index is 0.0110. The lowest BCUT2D eigenvalue weighted by Crippen LogP contribution is -2.21. The second-order valence-electron chi connectivity index (χ2n) is 4.48. The van der Waals surface area contributed by atoms with E-state index in [-0.39, 0.29) is 18.0 Å². The van der Waals surface area contributed by atoms with E-state index in [0.29, 0.717) is 5.56 Å². The van der Waals surface area contributed by atoms with Crippen molar-refractivity contribution in [2.75, 3.05) is 0 Å². The Morgan fingerprint density at radius 3 is 2.57 bits per heavy atom. The summed E-state index contributed by atoms with van der Waals surface area (Å²) in [6.07, 6.45) is 0. The average Bonchev–Trinajstić information content (AvgIpc) is 2.96. The van der Waals surface area contributed by atoms with Crippen LogP contribution in [0.25, 0.3) is 11.0 Å². The minimum atomic E-state index is -0.335. The quantitative estimate of drug-likeness (QED) is 0.343. The van der Waals surface area contributed by atoms with E-state index in [4.69, 9.17) is 5.21 Å². The van der Waals surface area contributed by atoms with Gasteiger partial charge >= 0.3 is 0 Å². The molecular weight excluding hydrogens is 268 g/mol. The van der Waals surface area contributed by atoms with Crippen LogP contribution in [0.5, 0.6) is 0 Å². The summed E-state index contributed by atoms with van der Waals surface area (Å²) in [4.78, 5) is 12.3. The number of ketones is 1.